The summed E-state index contributed by atoms with van der Waals surface area (Å²) >= 11 is 1.18. The minimum Gasteiger partial charge on any atom is -0.351 e. The molecule has 1 saturated heterocycles. The van der Waals surface area contributed by atoms with Crippen LogP contribution in [0, 0.1) is 6.92 Å². The van der Waals surface area contributed by atoms with Crippen LogP contribution in [0.25, 0.3) is 0 Å². The number of carbonyl (C=O) groups is 1. The maximum absolute atomic E-state index is 12.7. The number of benzene rings is 1. The highest BCUT2D eigenvalue weighted by atomic mass is 32.2. The van der Waals surface area contributed by atoms with Crippen LogP contribution in [0.15, 0.2) is 46.0 Å². The molecule has 1 aromatic heterocycles. The first-order valence-electron chi connectivity index (χ1n) is 7.87. The summed E-state index contributed by atoms with van der Waals surface area (Å²) in [6, 6.07) is 10.6. The lowest BCUT2D eigenvalue weighted by molar-refractivity contribution is -0.124. The number of sulfonamides is 1. The fourth-order valence-corrected chi connectivity index (χ4v) is 5.60. The number of carbonyl (C=O) groups excluding carboxylic acids is 1. The number of amides is 1. The molecule has 24 heavy (non-hydrogen) atoms. The third-order valence-corrected chi connectivity index (χ3v) is 7.43. The van der Waals surface area contributed by atoms with Gasteiger partial charge < -0.3 is 5.32 Å². The van der Waals surface area contributed by atoms with E-state index in [1.165, 1.54) is 15.6 Å². The van der Waals surface area contributed by atoms with Crippen molar-refractivity contribution < 1.29 is 13.2 Å². The molecule has 1 fully saturated rings. The first kappa shape index (κ1) is 17.1. The van der Waals surface area contributed by atoms with Gasteiger partial charge in [0.05, 0.1) is 0 Å². The van der Waals surface area contributed by atoms with Gasteiger partial charge in [0.2, 0.25) is 5.91 Å². The number of hydrogen-bond donors (Lipinski definition) is 1. The van der Waals surface area contributed by atoms with Gasteiger partial charge in [-0.25, -0.2) is 8.42 Å². The Bertz CT molecular complexity index is 799. The minimum atomic E-state index is -3.59. The quantitative estimate of drug-likeness (QED) is 0.886. The summed E-state index contributed by atoms with van der Waals surface area (Å²) in [5.41, 5.74) is 2.16. The molecule has 3 rings (SSSR count). The lowest BCUT2D eigenvalue weighted by Gasteiger charge is -2.22. The van der Waals surface area contributed by atoms with E-state index in [4.69, 9.17) is 0 Å². The molecule has 2 aromatic rings. The maximum atomic E-state index is 12.7. The molecule has 1 N–H and O–H groups in total. The van der Waals surface area contributed by atoms with Crippen LogP contribution in [0.4, 0.5) is 0 Å². The van der Waals surface area contributed by atoms with Gasteiger partial charge >= 0.3 is 0 Å². The van der Waals surface area contributed by atoms with Crippen molar-refractivity contribution in [2.45, 2.75) is 36.6 Å². The largest absolute Gasteiger partial charge is 0.351 e. The highest BCUT2D eigenvalue weighted by molar-refractivity contribution is 7.91. The molecule has 1 aromatic carbocycles. The van der Waals surface area contributed by atoms with Crippen LogP contribution in [-0.2, 0) is 21.4 Å². The zero-order valence-corrected chi connectivity index (χ0v) is 15.1. The smallest absolute Gasteiger partial charge is 0.253 e. The first-order valence-corrected chi connectivity index (χ1v) is 10.2. The molecule has 0 saturated carbocycles. The van der Waals surface area contributed by atoms with Crippen molar-refractivity contribution in [1.29, 1.82) is 0 Å². The van der Waals surface area contributed by atoms with E-state index < -0.39 is 16.1 Å². The molecule has 7 heteroatoms. The van der Waals surface area contributed by atoms with E-state index in [2.05, 4.69) is 5.32 Å². The van der Waals surface area contributed by atoms with Crippen LogP contribution in [0.2, 0.25) is 0 Å². The van der Waals surface area contributed by atoms with Crippen molar-refractivity contribution in [3.63, 3.8) is 0 Å². The lowest BCUT2D eigenvalue weighted by atomic mass is 10.1. The highest BCUT2D eigenvalue weighted by Crippen LogP contribution is 2.28. The molecule has 0 aliphatic carbocycles. The van der Waals surface area contributed by atoms with E-state index in [1.807, 2.05) is 31.2 Å². The van der Waals surface area contributed by atoms with E-state index >= 15 is 0 Å². The monoisotopic (exact) mass is 364 g/mol. The number of thiophene rings is 1. The van der Waals surface area contributed by atoms with Crippen molar-refractivity contribution in [2.24, 2.45) is 0 Å². The standard InChI is InChI=1S/C17H20N2O3S2/c1-13-6-8-14(9-7-13)12-18-17(20)15-4-2-10-19(15)24(21,22)16-5-3-11-23-16/h3,5-9,11,15H,2,4,10,12H2,1H3,(H,18,20)/t15-/m1/s1. The third-order valence-electron chi connectivity index (χ3n) is 4.15. The Labute approximate surface area is 146 Å². The molecule has 0 radical (unpaired) electrons. The summed E-state index contributed by atoms with van der Waals surface area (Å²) in [5, 5.41) is 4.60. The number of nitrogens with zero attached hydrogens (tertiary/aromatic N) is 1. The van der Waals surface area contributed by atoms with E-state index in [1.54, 1.807) is 17.5 Å². The zero-order valence-electron chi connectivity index (χ0n) is 13.4. The molecule has 1 aliphatic rings. The lowest BCUT2D eigenvalue weighted by Crippen LogP contribution is -2.45. The molecule has 1 amide bonds. The summed E-state index contributed by atoms with van der Waals surface area (Å²) in [5.74, 6) is -0.229. The van der Waals surface area contributed by atoms with Crippen molar-refractivity contribution in [3.05, 3.63) is 52.9 Å². The molecule has 0 bridgehead atoms. The minimum absolute atomic E-state index is 0.229. The van der Waals surface area contributed by atoms with Crippen LogP contribution in [0.3, 0.4) is 0 Å². The molecule has 128 valence electrons. The van der Waals surface area contributed by atoms with Crippen LogP contribution in [-0.4, -0.2) is 31.2 Å². The van der Waals surface area contributed by atoms with E-state index in [9.17, 15) is 13.2 Å². The predicted molar refractivity (Wildman–Crippen MR) is 94.3 cm³/mol. The zero-order chi connectivity index (χ0) is 17.2. The Morgan fingerprint density at radius 2 is 2.04 bits per heavy atom. The second kappa shape index (κ2) is 7.04. The van der Waals surface area contributed by atoms with E-state index in [0.29, 0.717) is 30.1 Å². The maximum Gasteiger partial charge on any atom is 0.253 e. The van der Waals surface area contributed by atoms with Gasteiger partial charge in [-0.1, -0.05) is 35.9 Å². The van der Waals surface area contributed by atoms with E-state index in [-0.39, 0.29) is 5.91 Å². The van der Waals surface area contributed by atoms with Crippen LogP contribution in [0.5, 0.6) is 0 Å². The molecule has 0 spiro atoms. The van der Waals surface area contributed by atoms with Crippen LogP contribution >= 0.6 is 11.3 Å². The van der Waals surface area contributed by atoms with Crippen molar-refractivity contribution in [3.8, 4) is 0 Å². The van der Waals surface area contributed by atoms with Crippen molar-refractivity contribution in [2.75, 3.05) is 6.54 Å². The SMILES string of the molecule is Cc1ccc(CNC(=O)[C@H]2CCCN2S(=O)(=O)c2cccs2)cc1. The van der Waals surface area contributed by atoms with Gasteiger partial charge in [-0.3, -0.25) is 4.79 Å². The molecule has 0 unspecified atom stereocenters. The Morgan fingerprint density at radius 1 is 1.29 bits per heavy atom. The van der Waals surface area contributed by atoms with Gasteiger partial charge in [0.25, 0.3) is 10.0 Å². The second-order valence-electron chi connectivity index (χ2n) is 5.91. The number of rotatable bonds is 5. The summed E-state index contributed by atoms with van der Waals surface area (Å²) in [4.78, 5) is 12.5. The average Bonchev–Trinajstić information content (AvgIpc) is 3.25. The highest BCUT2D eigenvalue weighted by Gasteiger charge is 2.39. The molecule has 1 aliphatic heterocycles. The Hall–Kier alpha value is -1.70. The molecular weight excluding hydrogens is 344 g/mol. The third kappa shape index (κ3) is 3.53. The molecule has 2 heterocycles. The van der Waals surface area contributed by atoms with Gasteiger partial charge in [0.15, 0.2) is 0 Å². The van der Waals surface area contributed by atoms with Gasteiger partial charge in [0.1, 0.15) is 10.3 Å². The van der Waals surface area contributed by atoms with Crippen LogP contribution < -0.4 is 5.32 Å². The summed E-state index contributed by atoms with van der Waals surface area (Å²) < 4.78 is 27.0. The van der Waals surface area contributed by atoms with Crippen molar-refractivity contribution in [1.82, 2.24) is 9.62 Å². The van der Waals surface area contributed by atoms with Crippen molar-refractivity contribution >= 4 is 27.3 Å². The fraction of sp³-hybridized carbons (Fsp3) is 0.353. The topological polar surface area (TPSA) is 66.5 Å². The van der Waals surface area contributed by atoms with Gasteiger partial charge in [-0.15, -0.1) is 11.3 Å². The first-order chi connectivity index (χ1) is 11.5. The summed E-state index contributed by atoms with van der Waals surface area (Å²) in [7, 11) is -3.59. The normalized spacial score (nSPS) is 18.6. The van der Waals surface area contributed by atoms with Crippen LogP contribution in [0.1, 0.15) is 24.0 Å². The molecular formula is C17H20N2O3S2. The number of nitrogens with one attached hydrogen (secondary N) is 1. The molecule has 1 atom stereocenters. The van der Waals surface area contributed by atoms with E-state index in [0.717, 1.165) is 11.1 Å². The Balaban J connectivity index is 1.69. The Kier molecular flexibility index (Phi) is 5.03. The van der Waals surface area contributed by atoms with Gasteiger partial charge in [0, 0.05) is 13.1 Å². The second-order valence-corrected chi connectivity index (χ2v) is 8.97. The fourth-order valence-electron chi connectivity index (χ4n) is 2.83. The Morgan fingerprint density at radius 3 is 2.71 bits per heavy atom. The predicted octanol–water partition coefficient (Wildman–Crippen LogP) is 2.53. The molecule has 5 nitrogen and oxygen atoms in total. The van der Waals surface area contributed by atoms with Gasteiger partial charge in [-0.2, -0.15) is 4.31 Å². The summed E-state index contributed by atoms with van der Waals surface area (Å²) in [6.45, 7) is 2.81. The van der Waals surface area contributed by atoms with Gasteiger partial charge in [-0.05, 0) is 36.8 Å². The number of aryl methyl sites for hydroxylation is 1. The number of hydrogen-bond acceptors (Lipinski definition) is 4. The summed E-state index contributed by atoms with van der Waals surface area (Å²) in [6.07, 6.45) is 1.26. The average molecular weight is 364 g/mol.